The number of anilines is 1. The number of hydrogen-bond acceptors (Lipinski definition) is 3. The highest BCUT2D eigenvalue weighted by Gasteiger charge is 2.14. The summed E-state index contributed by atoms with van der Waals surface area (Å²) < 4.78 is 5.81. The molecule has 22 heavy (non-hydrogen) atoms. The van der Waals surface area contributed by atoms with Gasteiger partial charge in [-0.05, 0) is 48.7 Å². The maximum absolute atomic E-state index is 11.3. The van der Waals surface area contributed by atoms with E-state index >= 15 is 0 Å². The summed E-state index contributed by atoms with van der Waals surface area (Å²) in [6.07, 6.45) is 2.36. The quantitative estimate of drug-likeness (QED) is 0.643. The van der Waals surface area contributed by atoms with E-state index in [1.54, 1.807) is 0 Å². The lowest BCUT2D eigenvalue weighted by molar-refractivity contribution is -0.116. The summed E-state index contributed by atoms with van der Waals surface area (Å²) in [4.78, 5) is 12.6. The standard InChI is InChI=1S/C18H19NO2S/c20-18-10-7-14-13-15(8-9-17(14)19-18)21-11-4-12-22-16-5-2-1-3-6-16/h1-3,5-6,8-9,13H,4,7,10-12H2,(H,19,20). The van der Waals surface area contributed by atoms with Gasteiger partial charge < -0.3 is 10.1 Å². The fourth-order valence-electron chi connectivity index (χ4n) is 2.41. The van der Waals surface area contributed by atoms with Crippen molar-refractivity contribution in [1.82, 2.24) is 0 Å². The van der Waals surface area contributed by atoms with Gasteiger partial charge in [-0.2, -0.15) is 0 Å². The average Bonchev–Trinajstić information content (AvgIpc) is 2.55. The minimum absolute atomic E-state index is 0.0964. The Bertz CT molecular complexity index is 643. The van der Waals surface area contributed by atoms with Crippen LogP contribution in [-0.4, -0.2) is 18.3 Å². The van der Waals surface area contributed by atoms with Crippen LogP contribution in [0.5, 0.6) is 5.75 Å². The number of rotatable bonds is 6. The fraction of sp³-hybridized carbons (Fsp3) is 0.278. The van der Waals surface area contributed by atoms with E-state index in [-0.39, 0.29) is 5.91 Å². The highest BCUT2D eigenvalue weighted by molar-refractivity contribution is 7.99. The lowest BCUT2D eigenvalue weighted by Crippen LogP contribution is -2.18. The summed E-state index contributed by atoms with van der Waals surface area (Å²) >= 11 is 1.85. The van der Waals surface area contributed by atoms with Crippen LogP contribution in [0.1, 0.15) is 18.4 Å². The molecule has 0 aliphatic carbocycles. The molecule has 0 bridgehead atoms. The first-order chi connectivity index (χ1) is 10.8. The van der Waals surface area contributed by atoms with Gasteiger partial charge in [-0.3, -0.25) is 4.79 Å². The Hall–Kier alpha value is -1.94. The third-order valence-corrected chi connectivity index (χ3v) is 4.64. The Morgan fingerprint density at radius 2 is 1.95 bits per heavy atom. The molecule has 0 saturated heterocycles. The minimum atomic E-state index is 0.0964. The molecule has 0 fully saturated rings. The third-order valence-electron chi connectivity index (χ3n) is 3.54. The van der Waals surface area contributed by atoms with Gasteiger partial charge in [0.1, 0.15) is 5.75 Å². The predicted octanol–water partition coefficient (Wildman–Crippen LogP) is 4.13. The number of nitrogens with one attached hydrogen (secondary N) is 1. The Labute approximate surface area is 135 Å². The van der Waals surface area contributed by atoms with Gasteiger partial charge in [-0.1, -0.05) is 18.2 Å². The molecule has 114 valence electrons. The third kappa shape index (κ3) is 4.04. The van der Waals surface area contributed by atoms with Crippen molar-refractivity contribution in [2.75, 3.05) is 17.7 Å². The SMILES string of the molecule is O=C1CCc2cc(OCCCSc3ccccc3)ccc2N1. The molecule has 0 aromatic heterocycles. The molecule has 0 spiro atoms. The van der Waals surface area contributed by atoms with Gasteiger partial charge in [0.25, 0.3) is 0 Å². The monoisotopic (exact) mass is 313 g/mol. The summed E-state index contributed by atoms with van der Waals surface area (Å²) in [6, 6.07) is 16.3. The number of thioether (sulfide) groups is 1. The van der Waals surface area contributed by atoms with E-state index in [0.717, 1.165) is 35.6 Å². The van der Waals surface area contributed by atoms with Crippen molar-refractivity contribution in [3.8, 4) is 5.75 Å². The lowest BCUT2D eigenvalue weighted by atomic mass is 10.0. The summed E-state index contributed by atoms with van der Waals surface area (Å²) in [7, 11) is 0. The molecule has 0 unspecified atom stereocenters. The Balaban J connectivity index is 1.43. The molecule has 1 aliphatic rings. The van der Waals surface area contributed by atoms with Crippen LogP contribution >= 0.6 is 11.8 Å². The van der Waals surface area contributed by atoms with Crippen LogP contribution in [0.3, 0.4) is 0 Å². The van der Waals surface area contributed by atoms with Crippen LogP contribution < -0.4 is 10.1 Å². The van der Waals surface area contributed by atoms with Crippen molar-refractivity contribution < 1.29 is 9.53 Å². The van der Waals surface area contributed by atoms with Crippen LogP contribution in [0.15, 0.2) is 53.4 Å². The second-order valence-corrected chi connectivity index (χ2v) is 6.40. The molecule has 2 aromatic rings. The van der Waals surface area contributed by atoms with Crippen molar-refractivity contribution in [3.63, 3.8) is 0 Å². The summed E-state index contributed by atoms with van der Waals surface area (Å²) in [6.45, 7) is 0.713. The number of fused-ring (bicyclic) bond motifs is 1. The number of carbonyl (C=O) groups excluding carboxylic acids is 1. The van der Waals surface area contributed by atoms with E-state index in [4.69, 9.17) is 4.74 Å². The number of hydrogen-bond donors (Lipinski definition) is 1. The van der Waals surface area contributed by atoms with Crippen LogP contribution in [0, 0.1) is 0 Å². The molecular weight excluding hydrogens is 294 g/mol. The zero-order valence-electron chi connectivity index (χ0n) is 12.4. The van der Waals surface area contributed by atoms with Crippen molar-refractivity contribution in [2.24, 2.45) is 0 Å². The molecule has 2 aromatic carbocycles. The van der Waals surface area contributed by atoms with Crippen LogP contribution in [0.4, 0.5) is 5.69 Å². The van der Waals surface area contributed by atoms with Gasteiger partial charge in [0.2, 0.25) is 5.91 Å². The van der Waals surface area contributed by atoms with Crippen LogP contribution in [0.2, 0.25) is 0 Å². The summed E-state index contributed by atoms with van der Waals surface area (Å²) in [5, 5.41) is 2.88. The van der Waals surface area contributed by atoms with E-state index in [2.05, 4.69) is 29.6 Å². The van der Waals surface area contributed by atoms with Gasteiger partial charge in [0.05, 0.1) is 6.61 Å². The highest BCUT2D eigenvalue weighted by Crippen LogP contribution is 2.27. The second kappa shape index (κ2) is 7.36. The average molecular weight is 313 g/mol. The molecule has 1 aliphatic heterocycles. The number of amides is 1. The molecule has 1 N–H and O–H groups in total. The lowest BCUT2D eigenvalue weighted by Gasteiger charge is -2.17. The first-order valence-electron chi connectivity index (χ1n) is 7.55. The first-order valence-corrected chi connectivity index (χ1v) is 8.53. The smallest absolute Gasteiger partial charge is 0.224 e. The van der Waals surface area contributed by atoms with Crippen LogP contribution in [-0.2, 0) is 11.2 Å². The van der Waals surface area contributed by atoms with Crippen molar-refractivity contribution in [1.29, 1.82) is 0 Å². The number of carbonyl (C=O) groups is 1. The summed E-state index contributed by atoms with van der Waals surface area (Å²) in [5.41, 5.74) is 2.08. The predicted molar refractivity (Wildman–Crippen MR) is 90.7 cm³/mol. The largest absolute Gasteiger partial charge is 0.494 e. The Morgan fingerprint density at radius 1 is 1.09 bits per heavy atom. The summed E-state index contributed by atoms with van der Waals surface area (Å²) in [5.74, 6) is 2.03. The van der Waals surface area contributed by atoms with Gasteiger partial charge in [-0.15, -0.1) is 11.8 Å². The number of ether oxygens (including phenoxy) is 1. The van der Waals surface area contributed by atoms with Gasteiger partial charge in [0.15, 0.2) is 0 Å². The second-order valence-electron chi connectivity index (χ2n) is 5.23. The van der Waals surface area contributed by atoms with Crippen molar-refractivity contribution in [2.45, 2.75) is 24.2 Å². The van der Waals surface area contributed by atoms with Gasteiger partial charge in [-0.25, -0.2) is 0 Å². The van der Waals surface area contributed by atoms with E-state index < -0.39 is 0 Å². The van der Waals surface area contributed by atoms with E-state index in [1.165, 1.54) is 4.90 Å². The molecule has 1 heterocycles. The first kappa shape index (κ1) is 15.0. The molecule has 3 nitrogen and oxygen atoms in total. The molecule has 0 atom stereocenters. The molecule has 0 radical (unpaired) electrons. The molecule has 1 amide bonds. The van der Waals surface area contributed by atoms with Gasteiger partial charge >= 0.3 is 0 Å². The molecule has 4 heteroatoms. The molecule has 0 saturated carbocycles. The molecule has 3 rings (SSSR count). The zero-order valence-corrected chi connectivity index (χ0v) is 13.2. The zero-order chi connectivity index (χ0) is 15.2. The van der Waals surface area contributed by atoms with Crippen LogP contribution in [0.25, 0.3) is 0 Å². The van der Waals surface area contributed by atoms with Gasteiger partial charge in [0, 0.05) is 22.8 Å². The number of aryl methyl sites for hydroxylation is 1. The Morgan fingerprint density at radius 3 is 2.82 bits per heavy atom. The van der Waals surface area contributed by atoms with E-state index in [9.17, 15) is 4.79 Å². The highest BCUT2D eigenvalue weighted by atomic mass is 32.2. The van der Waals surface area contributed by atoms with E-state index in [1.807, 2.05) is 36.0 Å². The number of benzene rings is 2. The van der Waals surface area contributed by atoms with Crippen molar-refractivity contribution in [3.05, 3.63) is 54.1 Å². The minimum Gasteiger partial charge on any atom is -0.494 e. The maximum Gasteiger partial charge on any atom is 0.224 e. The van der Waals surface area contributed by atoms with E-state index in [0.29, 0.717) is 13.0 Å². The van der Waals surface area contributed by atoms with Crippen molar-refractivity contribution >= 4 is 23.4 Å². The molecular formula is C18H19NO2S. The Kier molecular flexibility index (Phi) is 5.01. The maximum atomic E-state index is 11.3. The topological polar surface area (TPSA) is 38.3 Å². The fourth-order valence-corrected chi connectivity index (χ4v) is 3.25. The normalized spacial score (nSPS) is 13.4.